The number of hydrogen-bond acceptors (Lipinski definition) is 8. The molecule has 0 aliphatic heterocycles. The topological polar surface area (TPSA) is 121 Å². The third-order valence-corrected chi connectivity index (χ3v) is 2.91. The Labute approximate surface area is 146 Å². The molecule has 1 N–H and O–H groups in total. The van der Waals surface area contributed by atoms with Gasteiger partial charge < -0.3 is 19.3 Å². The summed E-state index contributed by atoms with van der Waals surface area (Å²) in [6.07, 6.45) is -0.935. The van der Waals surface area contributed by atoms with Gasteiger partial charge in [-0.25, -0.2) is 4.79 Å². The van der Waals surface area contributed by atoms with Crippen molar-refractivity contribution in [3.05, 3.63) is 11.7 Å². The van der Waals surface area contributed by atoms with Gasteiger partial charge >= 0.3 is 12.1 Å². The lowest BCUT2D eigenvalue weighted by Gasteiger charge is -2.24. The summed E-state index contributed by atoms with van der Waals surface area (Å²) in [5.74, 6) is -1.53. The van der Waals surface area contributed by atoms with Crippen LogP contribution in [0.2, 0.25) is 0 Å². The highest BCUT2D eigenvalue weighted by atomic mass is 16.6. The summed E-state index contributed by atoms with van der Waals surface area (Å²) in [5, 5.41) is 6.10. The Morgan fingerprint density at radius 1 is 1.24 bits per heavy atom. The maximum Gasteiger partial charge on any atom is 0.408 e. The van der Waals surface area contributed by atoms with Gasteiger partial charge in [0.2, 0.25) is 17.5 Å². The summed E-state index contributed by atoms with van der Waals surface area (Å²) in [7, 11) is 0. The van der Waals surface area contributed by atoms with E-state index in [1.165, 1.54) is 0 Å². The van der Waals surface area contributed by atoms with E-state index in [-0.39, 0.29) is 30.7 Å². The Balaban J connectivity index is 2.81. The fourth-order valence-electron chi connectivity index (χ4n) is 1.87. The maximum atomic E-state index is 12.5. The monoisotopic (exact) mass is 355 g/mol. The van der Waals surface area contributed by atoms with Crippen LogP contribution in [0.25, 0.3) is 0 Å². The van der Waals surface area contributed by atoms with Crippen molar-refractivity contribution in [3.8, 4) is 0 Å². The van der Waals surface area contributed by atoms with Gasteiger partial charge in [-0.05, 0) is 33.6 Å². The second-order valence-corrected chi connectivity index (χ2v) is 6.73. The predicted molar refractivity (Wildman–Crippen MR) is 87.0 cm³/mol. The molecule has 140 valence electrons. The Morgan fingerprint density at radius 3 is 2.40 bits per heavy atom. The van der Waals surface area contributed by atoms with Gasteiger partial charge in [-0.1, -0.05) is 19.0 Å². The van der Waals surface area contributed by atoms with E-state index in [4.69, 9.17) is 14.0 Å². The molecule has 0 spiro atoms. The number of carbonyl (C=O) groups is 3. The molecule has 0 aliphatic carbocycles. The molecule has 0 saturated carbocycles. The average Bonchev–Trinajstić information content (AvgIpc) is 2.90. The van der Waals surface area contributed by atoms with Crippen LogP contribution in [0.15, 0.2) is 4.52 Å². The second kappa shape index (κ2) is 8.59. The van der Waals surface area contributed by atoms with Gasteiger partial charge in [0.25, 0.3) is 0 Å². The van der Waals surface area contributed by atoms with Crippen LogP contribution in [0, 0.1) is 5.92 Å². The molecule has 9 heteroatoms. The quantitative estimate of drug-likeness (QED) is 0.581. The fraction of sp³-hybridized carbons (Fsp3) is 0.688. The normalized spacial score (nSPS) is 12.6. The number of alkyl carbamates (subject to hydrolysis) is 1. The number of ether oxygens (including phenoxy) is 2. The molecule has 0 unspecified atom stereocenters. The lowest BCUT2D eigenvalue weighted by Crippen LogP contribution is -2.46. The number of nitrogens with one attached hydrogen (secondary N) is 1. The number of nitrogens with zero attached hydrogens (tertiary/aromatic N) is 2. The van der Waals surface area contributed by atoms with Gasteiger partial charge in [-0.15, -0.1) is 0 Å². The lowest BCUT2D eigenvalue weighted by molar-refractivity contribution is -0.142. The highest BCUT2D eigenvalue weighted by molar-refractivity contribution is 5.98. The molecule has 9 nitrogen and oxygen atoms in total. The van der Waals surface area contributed by atoms with Crippen molar-refractivity contribution in [2.45, 2.75) is 59.6 Å². The molecule has 0 fully saturated rings. The molecule has 0 aromatic carbocycles. The van der Waals surface area contributed by atoms with Crippen LogP contribution in [-0.4, -0.2) is 46.2 Å². The van der Waals surface area contributed by atoms with E-state index in [9.17, 15) is 14.4 Å². The first-order chi connectivity index (χ1) is 11.5. The average molecular weight is 355 g/mol. The molecule has 1 aromatic heterocycles. The van der Waals surface area contributed by atoms with Crippen LogP contribution in [0.3, 0.4) is 0 Å². The molecule has 1 heterocycles. The predicted octanol–water partition coefficient (Wildman–Crippen LogP) is 1.91. The van der Waals surface area contributed by atoms with Crippen LogP contribution >= 0.6 is 0 Å². The second-order valence-electron chi connectivity index (χ2n) is 6.73. The third kappa shape index (κ3) is 6.90. The summed E-state index contributed by atoms with van der Waals surface area (Å²) >= 11 is 0. The van der Waals surface area contributed by atoms with Crippen molar-refractivity contribution in [2.24, 2.45) is 5.92 Å². The van der Waals surface area contributed by atoms with E-state index >= 15 is 0 Å². The van der Waals surface area contributed by atoms with Gasteiger partial charge in [0.15, 0.2) is 0 Å². The van der Waals surface area contributed by atoms with Crippen LogP contribution in [0.1, 0.15) is 58.1 Å². The first-order valence-corrected chi connectivity index (χ1v) is 8.05. The summed E-state index contributed by atoms with van der Waals surface area (Å²) < 4.78 is 14.8. The zero-order valence-corrected chi connectivity index (χ0v) is 15.4. The molecular weight excluding hydrogens is 330 g/mol. The largest absolute Gasteiger partial charge is 0.466 e. The Hall–Kier alpha value is -2.45. The smallest absolute Gasteiger partial charge is 0.408 e. The molecular formula is C16H25N3O6. The highest BCUT2D eigenvalue weighted by Gasteiger charge is 2.31. The number of hydrogen-bond donors (Lipinski definition) is 1. The van der Waals surface area contributed by atoms with Gasteiger partial charge in [-0.3, -0.25) is 9.59 Å². The van der Waals surface area contributed by atoms with Gasteiger partial charge in [0, 0.05) is 0 Å². The molecule has 0 saturated heterocycles. The van der Waals surface area contributed by atoms with Crippen LogP contribution in [0.4, 0.5) is 4.79 Å². The molecule has 0 aliphatic rings. The maximum absolute atomic E-state index is 12.5. The van der Waals surface area contributed by atoms with E-state index in [2.05, 4.69) is 15.5 Å². The summed E-state index contributed by atoms with van der Waals surface area (Å²) in [5.41, 5.74) is -0.687. The zero-order valence-electron chi connectivity index (χ0n) is 15.4. The first-order valence-electron chi connectivity index (χ1n) is 8.05. The van der Waals surface area contributed by atoms with Gasteiger partial charge in [0.05, 0.1) is 6.61 Å². The summed E-state index contributed by atoms with van der Waals surface area (Å²) in [6, 6.07) is -0.886. The van der Waals surface area contributed by atoms with Crippen LogP contribution < -0.4 is 5.32 Å². The minimum Gasteiger partial charge on any atom is -0.466 e. The van der Waals surface area contributed by atoms with Crippen LogP contribution in [-0.2, 0) is 20.7 Å². The number of carbonyl (C=O) groups excluding carboxylic acids is 3. The van der Waals surface area contributed by atoms with E-state index in [1.807, 2.05) is 0 Å². The molecule has 1 rings (SSSR count). The zero-order chi connectivity index (χ0) is 19.2. The number of ketones is 1. The Kier molecular flexibility index (Phi) is 7.08. The molecule has 1 amide bonds. The summed E-state index contributed by atoms with van der Waals surface area (Å²) in [6.45, 7) is 10.6. The number of Topliss-reactive ketones (excluding diaryl/α,β-unsaturated/α-hetero) is 1. The van der Waals surface area contributed by atoms with Crippen molar-refractivity contribution < 1.29 is 28.4 Å². The van der Waals surface area contributed by atoms with E-state index < -0.39 is 29.5 Å². The molecule has 0 radical (unpaired) electrons. The third-order valence-electron chi connectivity index (χ3n) is 2.91. The van der Waals surface area contributed by atoms with E-state index in [0.717, 1.165) is 0 Å². The van der Waals surface area contributed by atoms with Crippen molar-refractivity contribution in [2.75, 3.05) is 6.61 Å². The van der Waals surface area contributed by atoms with Gasteiger partial charge in [0.1, 0.15) is 18.1 Å². The highest BCUT2D eigenvalue weighted by Crippen LogP contribution is 2.12. The SMILES string of the molecule is CCOC(=O)Cc1nc(C(=O)[C@@H](NC(=O)OC(C)(C)C)C(C)C)no1. The van der Waals surface area contributed by atoms with Crippen LogP contribution in [0.5, 0.6) is 0 Å². The standard InChI is InChI=1S/C16H25N3O6/c1-7-23-11(20)8-10-17-14(19-25-10)13(21)12(9(2)3)18-15(22)24-16(4,5)6/h9,12H,7-8H2,1-6H3,(H,18,22)/t12-/m0/s1. The number of amides is 1. The molecule has 1 aromatic rings. The van der Waals surface area contributed by atoms with E-state index in [0.29, 0.717) is 0 Å². The Bertz CT molecular complexity index is 618. The van der Waals surface area contributed by atoms with Crippen molar-refractivity contribution in [3.63, 3.8) is 0 Å². The van der Waals surface area contributed by atoms with Gasteiger partial charge in [-0.2, -0.15) is 4.98 Å². The number of rotatable bonds is 7. The first kappa shape index (κ1) is 20.6. The number of esters is 1. The lowest BCUT2D eigenvalue weighted by atomic mass is 9.99. The van der Waals surface area contributed by atoms with Crippen molar-refractivity contribution >= 4 is 17.8 Å². The fourth-order valence-corrected chi connectivity index (χ4v) is 1.87. The molecule has 1 atom stereocenters. The van der Waals surface area contributed by atoms with E-state index in [1.54, 1.807) is 41.5 Å². The summed E-state index contributed by atoms with van der Waals surface area (Å²) in [4.78, 5) is 39.8. The minimum atomic E-state index is -0.886. The van der Waals surface area contributed by atoms with Crippen molar-refractivity contribution in [1.82, 2.24) is 15.5 Å². The molecule has 25 heavy (non-hydrogen) atoms. The Morgan fingerprint density at radius 2 is 1.88 bits per heavy atom. The molecule has 0 bridgehead atoms. The number of aromatic nitrogens is 2. The minimum absolute atomic E-state index is 0.0263. The van der Waals surface area contributed by atoms with Crippen molar-refractivity contribution in [1.29, 1.82) is 0 Å².